The van der Waals surface area contributed by atoms with Gasteiger partial charge in [0.25, 0.3) is 5.91 Å². The molecule has 0 bridgehead atoms. The van der Waals surface area contributed by atoms with E-state index in [-0.39, 0.29) is 12.0 Å². The van der Waals surface area contributed by atoms with Crippen LogP contribution in [0.4, 0.5) is 0 Å². The maximum atomic E-state index is 12.4. The summed E-state index contributed by atoms with van der Waals surface area (Å²) in [7, 11) is 0. The van der Waals surface area contributed by atoms with Crippen molar-refractivity contribution in [2.45, 2.75) is 25.5 Å². The van der Waals surface area contributed by atoms with E-state index in [1.807, 2.05) is 35.2 Å². The fourth-order valence-corrected chi connectivity index (χ4v) is 2.65. The van der Waals surface area contributed by atoms with Gasteiger partial charge in [-0.2, -0.15) is 0 Å². The molecular weight excluding hydrogens is 280 g/mol. The van der Waals surface area contributed by atoms with Gasteiger partial charge in [0.1, 0.15) is 23.9 Å². The Labute approximate surface area is 129 Å². The molecule has 1 fully saturated rings. The summed E-state index contributed by atoms with van der Waals surface area (Å²) in [5.41, 5.74) is 6.07. The van der Waals surface area contributed by atoms with Crippen molar-refractivity contribution in [2.24, 2.45) is 5.73 Å². The Hall–Kier alpha value is -2.27. The predicted octanol–water partition coefficient (Wildman–Crippen LogP) is 2.42. The molecule has 2 heterocycles. The number of rotatable bonds is 4. The molecule has 1 aromatic carbocycles. The number of hydrogen-bond donors (Lipinski definition) is 1. The fraction of sp³-hybridized carbons (Fsp3) is 0.353. The molecule has 116 valence electrons. The van der Waals surface area contributed by atoms with Crippen LogP contribution in [0.25, 0.3) is 0 Å². The number of nitrogens with two attached hydrogens (primary N) is 1. The summed E-state index contributed by atoms with van der Waals surface area (Å²) in [5, 5.41) is 0. The van der Waals surface area contributed by atoms with Crippen molar-refractivity contribution in [3.05, 3.63) is 54.0 Å². The summed E-state index contributed by atoms with van der Waals surface area (Å²) in [6, 6.07) is 11.5. The standard InChI is InChI=1S/C17H20N2O3/c18-11-16-10-13(12-21-16)17(20)19-8-6-15(7-9-19)22-14-4-2-1-3-5-14/h1-5,10,12,15H,6-9,11,18H2. The van der Waals surface area contributed by atoms with Gasteiger partial charge >= 0.3 is 0 Å². The van der Waals surface area contributed by atoms with Crippen LogP contribution in [0.1, 0.15) is 29.0 Å². The first-order valence-corrected chi connectivity index (χ1v) is 7.54. The molecule has 0 atom stereocenters. The zero-order valence-corrected chi connectivity index (χ0v) is 12.4. The highest BCUT2D eigenvalue weighted by molar-refractivity contribution is 5.94. The average molecular weight is 300 g/mol. The Morgan fingerprint density at radius 3 is 2.64 bits per heavy atom. The van der Waals surface area contributed by atoms with Crippen molar-refractivity contribution in [2.75, 3.05) is 13.1 Å². The third-order valence-electron chi connectivity index (χ3n) is 3.88. The van der Waals surface area contributed by atoms with Gasteiger partial charge in [-0.15, -0.1) is 0 Å². The molecule has 1 amide bonds. The summed E-state index contributed by atoms with van der Waals surface area (Å²) < 4.78 is 11.2. The van der Waals surface area contributed by atoms with Crippen molar-refractivity contribution >= 4 is 5.91 Å². The second kappa shape index (κ2) is 6.66. The molecule has 0 saturated carbocycles. The molecule has 0 spiro atoms. The lowest BCUT2D eigenvalue weighted by molar-refractivity contribution is 0.0595. The summed E-state index contributed by atoms with van der Waals surface area (Å²) in [5.74, 6) is 1.52. The SMILES string of the molecule is NCc1cc(C(=O)N2CCC(Oc3ccccc3)CC2)co1. The lowest BCUT2D eigenvalue weighted by Gasteiger charge is -2.32. The molecule has 2 aromatic rings. The van der Waals surface area contributed by atoms with Crippen LogP contribution in [0.15, 0.2) is 47.1 Å². The van der Waals surface area contributed by atoms with Crippen LogP contribution < -0.4 is 10.5 Å². The molecule has 1 aliphatic rings. The number of likely N-dealkylation sites (tertiary alicyclic amines) is 1. The summed E-state index contributed by atoms with van der Waals surface area (Å²) in [4.78, 5) is 14.2. The Balaban J connectivity index is 1.54. The molecule has 5 nitrogen and oxygen atoms in total. The molecule has 1 aliphatic heterocycles. The minimum atomic E-state index is 0.00149. The third kappa shape index (κ3) is 3.31. The monoisotopic (exact) mass is 300 g/mol. The minimum absolute atomic E-state index is 0.00149. The largest absolute Gasteiger partial charge is 0.490 e. The smallest absolute Gasteiger partial charge is 0.257 e. The van der Waals surface area contributed by atoms with E-state index in [1.165, 1.54) is 6.26 Å². The summed E-state index contributed by atoms with van der Waals surface area (Å²) in [6.45, 7) is 1.69. The highest BCUT2D eigenvalue weighted by atomic mass is 16.5. The second-order valence-electron chi connectivity index (χ2n) is 5.43. The number of hydrogen-bond acceptors (Lipinski definition) is 4. The first kappa shape index (κ1) is 14.7. The molecule has 0 aliphatic carbocycles. The van der Waals surface area contributed by atoms with E-state index in [4.69, 9.17) is 14.9 Å². The van der Waals surface area contributed by atoms with E-state index in [9.17, 15) is 4.79 Å². The highest BCUT2D eigenvalue weighted by Gasteiger charge is 2.25. The lowest BCUT2D eigenvalue weighted by atomic mass is 10.1. The molecule has 2 N–H and O–H groups in total. The van der Waals surface area contributed by atoms with Crippen LogP contribution in [0, 0.1) is 0 Å². The van der Waals surface area contributed by atoms with Crippen LogP contribution in [0.5, 0.6) is 5.75 Å². The van der Waals surface area contributed by atoms with Crippen molar-refractivity contribution in [3.63, 3.8) is 0 Å². The van der Waals surface area contributed by atoms with E-state index in [0.29, 0.717) is 31.0 Å². The normalized spacial score (nSPS) is 15.8. The molecule has 1 saturated heterocycles. The number of ether oxygens (including phenoxy) is 1. The molecule has 0 radical (unpaired) electrons. The van der Waals surface area contributed by atoms with Crippen LogP contribution in [-0.4, -0.2) is 30.0 Å². The molecule has 5 heteroatoms. The maximum absolute atomic E-state index is 12.4. The van der Waals surface area contributed by atoms with Gasteiger partial charge in [-0.05, 0) is 18.2 Å². The van der Waals surface area contributed by atoms with Crippen molar-refractivity contribution < 1.29 is 13.9 Å². The van der Waals surface area contributed by atoms with Gasteiger partial charge in [0.15, 0.2) is 0 Å². The first-order chi connectivity index (χ1) is 10.8. The zero-order chi connectivity index (χ0) is 15.4. The van der Waals surface area contributed by atoms with Crippen LogP contribution in [0.2, 0.25) is 0 Å². The Morgan fingerprint density at radius 2 is 2.00 bits per heavy atom. The molecule has 3 rings (SSSR count). The van der Waals surface area contributed by atoms with Gasteiger partial charge in [0.05, 0.1) is 12.1 Å². The third-order valence-corrected chi connectivity index (χ3v) is 3.88. The van der Waals surface area contributed by atoms with Crippen LogP contribution >= 0.6 is 0 Å². The Kier molecular flexibility index (Phi) is 4.44. The average Bonchev–Trinajstić information content (AvgIpc) is 3.05. The second-order valence-corrected chi connectivity index (χ2v) is 5.43. The topological polar surface area (TPSA) is 68.7 Å². The number of nitrogens with zero attached hydrogens (tertiary/aromatic N) is 1. The van der Waals surface area contributed by atoms with Gasteiger partial charge < -0.3 is 19.8 Å². The van der Waals surface area contributed by atoms with E-state index in [1.54, 1.807) is 6.07 Å². The number of carbonyl (C=O) groups excluding carboxylic acids is 1. The van der Waals surface area contributed by atoms with Crippen molar-refractivity contribution in [1.29, 1.82) is 0 Å². The van der Waals surface area contributed by atoms with E-state index >= 15 is 0 Å². The number of amides is 1. The fourth-order valence-electron chi connectivity index (χ4n) is 2.65. The van der Waals surface area contributed by atoms with E-state index < -0.39 is 0 Å². The van der Waals surface area contributed by atoms with Gasteiger partial charge in [-0.3, -0.25) is 4.79 Å². The number of piperidine rings is 1. The van der Waals surface area contributed by atoms with Gasteiger partial charge in [-0.1, -0.05) is 18.2 Å². The molecular formula is C17H20N2O3. The molecule has 1 aromatic heterocycles. The number of furan rings is 1. The quantitative estimate of drug-likeness (QED) is 0.941. The van der Waals surface area contributed by atoms with Gasteiger partial charge in [0.2, 0.25) is 0 Å². The summed E-state index contributed by atoms with van der Waals surface area (Å²) in [6.07, 6.45) is 3.32. The molecule has 22 heavy (non-hydrogen) atoms. The van der Waals surface area contributed by atoms with E-state index in [2.05, 4.69) is 0 Å². The lowest BCUT2D eigenvalue weighted by Crippen LogP contribution is -2.41. The number of benzene rings is 1. The minimum Gasteiger partial charge on any atom is -0.490 e. The van der Waals surface area contributed by atoms with E-state index in [0.717, 1.165) is 18.6 Å². The summed E-state index contributed by atoms with van der Waals surface area (Å²) >= 11 is 0. The van der Waals surface area contributed by atoms with Crippen LogP contribution in [0.3, 0.4) is 0 Å². The molecule has 0 unspecified atom stereocenters. The van der Waals surface area contributed by atoms with Crippen molar-refractivity contribution in [3.8, 4) is 5.75 Å². The van der Waals surface area contributed by atoms with Gasteiger partial charge in [0, 0.05) is 25.9 Å². The predicted molar refractivity (Wildman–Crippen MR) is 82.6 cm³/mol. The van der Waals surface area contributed by atoms with Crippen LogP contribution in [-0.2, 0) is 6.54 Å². The number of para-hydroxylation sites is 1. The van der Waals surface area contributed by atoms with Crippen molar-refractivity contribution in [1.82, 2.24) is 4.90 Å². The zero-order valence-electron chi connectivity index (χ0n) is 12.4. The maximum Gasteiger partial charge on any atom is 0.257 e. The Morgan fingerprint density at radius 1 is 1.27 bits per heavy atom. The first-order valence-electron chi connectivity index (χ1n) is 7.54. The Bertz CT molecular complexity index is 616. The van der Waals surface area contributed by atoms with Gasteiger partial charge in [-0.25, -0.2) is 0 Å². The highest BCUT2D eigenvalue weighted by Crippen LogP contribution is 2.20. The number of carbonyl (C=O) groups is 1.